The minimum atomic E-state index is 0.0194. The second-order valence-corrected chi connectivity index (χ2v) is 8.38. The zero-order chi connectivity index (χ0) is 21.2. The smallest absolute Gasteiger partial charge is 0.255 e. The second-order valence-electron chi connectivity index (χ2n) is 8.38. The molecule has 3 aromatic heterocycles. The van der Waals surface area contributed by atoms with Crippen molar-refractivity contribution in [2.24, 2.45) is 0 Å². The van der Waals surface area contributed by atoms with E-state index < -0.39 is 0 Å². The van der Waals surface area contributed by atoms with Gasteiger partial charge in [-0.05, 0) is 24.6 Å². The first-order valence-electron chi connectivity index (χ1n) is 11.1. The maximum absolute atomic E-state index is 13.2. The van der Waals surface area contributed by atoms with Gasteiger partial charge in [0.15, 0.2) is 5.65 Å². The van der Waals surface area contributed by atoms with E-state index in [4.69, 9.17) is 4.74 Å². The number of hydrogen-bond donors (Lipinski definition) is 0. The van der Waals surface area contributed by atoms with Crippen LogP contribution in [0.1, 0.15) is 35.8 Å². The van der Waals surface area contributed by atoms with Gasteiger partial charge in [-0.3, -0.25) is 14.7 Å². The number of imidazole rings is 1. The summed E-state index contributed by atoms with van der Waals surface area (Å²) < 4.78 is 7.79. The average molecular weight is 421 g/mol. The van der Waals surface area contributed by atoms with Crippen molar-refractivity contribution in [3.05, 3.63) is 54.2 Å². The highest BCUT2D eigenvalue weighted by Crippen LogP contribution is 2.23. The summed E-state index contributed by atoms with van der Waals surface area (Å²) in [5.41, 5.74) is 3.02. The van der Waals surface area contributed by atoms with E-state index in [9.17, 15) is 4.79 Å². The molecular formula is C23H28N6O2. The molecule has 0 aromatic carbocycles. The van der Waals surface area contributed by atoms with Gasteiger partial charge in [-0.2, -0.15) is 0 Å². The SMILES string of the molecule is CCC[C@H]1COC[C@H]2CN(C(=O)c3cnc4c(c3)ncn4Cc3ccccn3)CCN12. The molecule has 2 saturated heterocycles. The quantitative estimate of drug-likeness (QED) is 0.630. The molecule has 2 aliphatic rings. The average Bonchev–Trinajstić information content (AvgIpc) is 3.21. The van der Waals surface area contributed by atoms with E-state index in [1.165, 1.54) is 0 Å². The number of morpholine rings is 1. The number of amides is 1. The van der Waals surface area contributed by atoms with Crippen molar-refractivity contribution in [1.29, 1.82) is 0 Å². The van der Waals surface area contributed by atoms with Crippen LogP contribution in [-0.2, 0) is 11.3 Å². The molecule has 0 unspecified atom stereocenters. The fourth-order valence-corrected chi connectivity index (χ4v) is 4.73. The fourth-order valence-electron chi connectivity index (χ4n) is 4.73. The third-order valence-electron chi connectivity index (χ3n) is 6.29. The zero-order valence-electron chi connectivity index (χ0n) is 17.9. The highest BCUT2D eigenvalue weighted by Gasteiger charge is 2.36. The summed E-state index contributed by atoms with van der Waals surface area (Å²) in [5.74, 6) is 0.0194. The van der Waals surface area contributed by atoms with Gasteiger partial charge in [-0.1, -0.05) is 19.4 Å². The number of aromatic nitrogens is 4. The Morgan fingerprint density at radius 3 is 2.97 bits per heavy atom. The van der Waals surface area contributed by atoms with Crippen LogP contribution in [-0.4, -0.2) is 80.2 Å². The number of hydrogen-bond acceptors (Lipinski definition) is 6. The third-order valence-corrected chi connectivity index (χ3v) is 6.29. The van der Waals surface area contributed by atoms with Gasteiger partial charge in [-0.15, -0.1) is 0 Å². The van der Waals surface area contributed by atoms with Gasteiger partial charge in [0.1, 0.15) is 5.52 Å². The molecule has 5 rings (SSSR count). The van der Waals surface area contributed by atoms with Crippen LogP contribution in [0.15, 0.2) is 43.0 Å². The van der Waals surface area contributed by atoms with Gasteiger partial charge in [-0.25, -0.2) is 9.97 Å². The molecule has 162 valence electrons. The molecule has 3 aromatic rings. The molecule has 0 radical (unpaired) electrons. The molecule has 8 heteroatoms. The largest absolute Gasteiger partial charge is 0.378 e. The minimum Gasteiger partial charge on any atom is -0.378 e. The highest BCUT2D eigenvalue weighted by atomic mass is 16.5. The van der Waals surface area contributed by atoms with Gasteiger partial charge in [0.25, 0.3) is 5.91 Å². The minimum absolute atomic E-state index is 0.0194. The molecule has 5 heterocycles. The molecule has 0 saturated carbocycles. The van der Waals surface area contributed by atoms with Gasteiger partial charge >= 0.3 is 0 Å². The normalized spacial score (nSPS) is 21.9. The molecule has 0 N–H and O–H groups in total. The number of carbonyl (C=O) groups is 1. The summed E-state index contributed by atoms with van der Waals surface area (Å²) in [5, 5.41) is 0. The van der Waals surface area contributed by atoms with Crippen molar-refractivity contribution in [2.75, 3.05) is 32.8 Å². The van der Waals surface area contributed by atoms with Crippen LogP contribution < -0.4 is 0 Å². The number of piperazine rings is 1. The summed E-state index contributed by atoms with van der Waals surface area (Å²) in [6, 6.07) is 8.44. The zero-order valence-corrected chi connectivity index (χ0v) is 17.9. The van der Waals surface area contributed by atoms with E-state index in [-0.39, 0.29) is 11.9 Å². The molecule has 0 spiro atoms. The maximum Gasteiger partial charge on any atom is 0.255 e. The number of rotatable bonds is 5. The lowest BCUT2D eigenvalue weighted by Gasteiger charge is -2.48. The number of nitrogens with zero attached hydrogens (tertiary/aromatic N) is 6. The molecule has 0 aliphatic carbocycles. The summed E-state index contributed by atoms with van der Waals surface area (Å²) in [6.07, 6.45) is 7.50. The monoisotopic (exact) mass is 420 g/mol. The first-order valence-corrected chi connectivity index (χ1v) is 11.1. The van der Waals surface area contributed by atoms with Crippen molar-refractivity contribution < 1.29 is 9.53 Å². The van der Waals surface area contributed by atoms with Gasteiger partial charge in [0.05, 0.1) is 43.4 Å². The van der Waals surface area contributed by atoms with Crippen LogP contribution >= 0.6 is 0 Å². The van der Waals surface area contributed by atoms with E-state index in [2.05, 4.69) is 26.8 Å². The topological polar surface area (TPSA) is 76.4 Å². The second kappa shape index (κ2) is 8.72. The van der Waals surface area contributed by atoms with E-state index in [0.29, 0.717) is 31.3 Å². The van der Waals surface area contributed by atoms with E-state index in [1.54, 1.807) is 18.7 Å². The first kappa shape index (κ1) is 20.1. The lowest BCUT2D eigenvalue weighted by molar-refractivity contribution is -0.0776. The lowest BCUT2D eigenvalue weighted by atomic mass is 10.0. The van der Waals surface area contributed by atoms with Crippen LogP contribution in [0.5, 0.6) is 0 Å². The predicted octanol–water partition coefficient (Wildman–Crippen LogP) is 2.20. The number of fused-ring (bicyclic) bond motifs is 2. The molecule has 31 heavy (non-hydrogen) atoms. The number of carbonyl (C=O) groups excluding carboxylic acids is 1. The predicted molar refractivity (Wildman–Crippen MR) is 117 cm³/mol. The molecule has 2 atom stereocenters. The Morgan fingerprint density at radius 1 is 1.19 bits per heavy atom. The summed E-state index contributed by atoms with van der Waals surface area (Å²) >= 11 is 0. The standard InChI is InChI=1S/C23H28N6O2/c1-2-5-19-14-31-15-20-13-27(8-9-29(19)20)23(30)17-10-21-22(25-11-17)28(16-26-21)12-18-6-3-4-7-24-18/h3-4,6-7,10-11,16,19-20H,2,5,8-9,12-15H2,1H3/t19-,20+/m0/s1. The van der Waals surface area contributed by atoms with Crippen LogP contribution in [0.25, 0.3) is 11.2 Å². The van der Waals surface area contributed by atoms with E-state index in [1.807, 2.05) is 33.7 Å². The lowest BCUT2D eigenvalue weighted by Crippen LogP contribution is -2.62. The summed E-state index contributed by atoms with van der Waals surface area (Å²) in [7, 11) is 0. The van der Waals surface area contributed by atoms with Crippen molar-refractivity contribution in [3.8, 4) is 0 Å². The molecule has 8 nitrogen and oxygen atoms in total. The van der Waals surface area contributed by atoms with E-state index >= 15 is 0 Å². The van der Waals surface area contributed by atoms with Gasteiger partial charge < -0.3 is 14.2 Å². The number of ether oxygens (including phenoxy) is 1. The Hall–Kier alpha value is -2.84. The summed E-state index contributed by atoms with van der Waals surface area (Å²) in [4.78, 5) is 31.1. The van der Waals surface area contributed by atoms with Crippen LogP contribution in [0.4, 0.5) is 0 Å². The first-order chi connectivity index (χ1) is 15.2. The third kappa shape index (κ3) is 4.05. The Balaban J connectivity index is 1.30. The maximum atomic E-state index is 13.2. The van der Waals surface area contributed by atoms with Gasteiger partial charge in [0, 0.05) is 38.1 Å². The van der Waals surface area contributed by atoms with Crippen molar-refractivity contribution in [1.82, 2.24) is 29.3 Å². The highest BCUT2D eigenvalue weighted by molar-refractivity contribution is 5.96. The van der Waals surface area contributed by atoms with Gasteiger partial charge in [0.2, 0.25) is 0 Å². The molecule has 0 bridgehead atoms. The van der Waals surface area contributed by atoms with Crippen LogP contribution in [0.3, 0.4) is 0 Å². The van der Waals surface area contributed by atoms with Crippen LogP contribution in [0, 0.1) is 0 Å². The van der Waals surface area contributed by atoms with E-state index in [0.717, 1.165) is 49.4 Å². The Labute approximate surface area is 181 Å². The van der Waals surface area contributed by atoms with Crippen LogP contribution in [0.2, 0.25) is 0 Å². The Bertz CT molecular complexity index is 1050. The molecular weight excluding hydrogens is 392 g/mol. The Kier molecular flexibility index (Phi) is 5.65. The van der Waals surface area contributed by atoms with Crippen molar-refractivity contribution in [2.45, 2.75) is 38.4 Å². The molecule has 1 amide bonds. The molecule has 2 fully saturated rings. The molecule has 2 aliphatic heterocycles. The fraction of sp³-hybridized carbons (Fsp3) is 0.478. The number of pyridine rings is 2. The van der Waals surface area contributed by atoms with Crippen molar-refractivity contribution >= 4 is 17.1 Å². The summed E-state index contributed by atoms with van der Waals surface area (Å²) in [6.45, 7) is 6.65. The van der Waals surface area contributed by atoms with Crippen molar-refractivity contribution in [3.63, 3.8) is 0 Å². The Morgan fingerprint density at radius 2 is 2.13 bits per heavy atom.